The van der Waals surface area contributed by atoms with E-state index < -0.39 is 0 Å². The molecule has 0 saturated carbocycles. The summed E-state index contributed by atoms with van der Waals surface area (Å²) in [5, 5.41) is 8.13. The van der Waals surface area contributed by atoms with E-state index in [1.54, 1.807) is 0 Å². The molecule has 0 amide bonds. The third kappa shape index (κ3) is 1.67. The van der Waals surface area contributed by atoms with Gasteiger partial charge in [0.05, 0.1) is 0 Å². The molecule has 0 aliphatic heterocycles. The van der Waals surface area contributed by atoms with Crippen LogP contribution in [0.25, 0.3) is 21.7 Å². The lowest BCUT2D eigenvalue weighted by atomic mass is 10.1. The first-order chi connectivity index (χ1) is 7.84. The van der Waals surface area contributed by atoms with Crippen LogP contribution in [0.3, 0.4) is 0 Å². The van der Waals surface area contributed by atoms with Gasteiger partial charge in [0.2, 0.25) is 0 Å². The zero-order valence-corrected chi connectivity index (χ0v) is 9.94. The fourth-order valence-corrected chi connectivity index (χ4v) is 1.88. The molecule has 0 atom stereocenters. The van der Waals surface area contributed by atoms with Crippen molar-refractivity contribution in [3.8, 4) is 0 Å². The first-order valence-electron chi connectivity index (χ1n) is 5.66. The minimum atomic E-state index is 1.09. The summed E-state index contributed by atoms with van der Waals surface area (Å²) in [7, 11) is 1.95. The van der Waals surface area contributed by atoms with Crippen LogP contribution in [-0.2, 0) is 7.05 Å². The SMILES string of the molecule is CC.Cn1cc2ccc3ccccc3c2n1. The second-order valence-electron chi connectivity index (χ2n) is 3.53. The standard InChI is InChI=1S/C12H10N2.C2H6/c1-14-8-10-7-6-9-4-2-3-5-11(9)12(10)13-14;1-2/h2-8H,1H3;1-2H3. The molecular formula is C14H16N2. The number of aromatic nitrogens is 2. The Hall–Kier alpha value is -1.83. The van der Waals surface area contributed by atoms with E-state index in [1.807, 2.05) is 31.8 Å². The van der Waals surface area contributed by atoms with Gasteiger partial charge in [0.1, 0.15) is 5.52 Å². The van der Waals surface area contributed by atoms with E-state index in [0.29, 0.717) is 0 Å². The van der Waals surface area contributed by atoms with Crippen LogP contribution in [0.1, 0.15) is 13.8 Å². The Morgan fingerprint density at radius 3 is 2.44 bits per heavy atom. The van der Waals surface area contributed by atoms with Crippen LogP contribution < -0.4 is 0 Å². The van der Waals surface area contributed by atoms with Gasteiger partial charge in [-0.3, -0.25) is 4.68 Å². The van der Waals surface area contributed by atoms with E-state index in [0.717, 1.165) is 5.52 Å². The maximum atomic E-state index is 4.46. The van der Waals surface area contributed by atoms with E-state index >= 15 is 0 Å². The molecule has 3 aromatic rings. The van der Waals surface area contributed by atoms with Crippen LogP contribution >= 0.6 is 0 Å². The summed E-state index contributed by atoms with van der Waals surface area (Å²) < 4.78 is 1.86. The third-order valence-corrected chi connectivity index (χ3v) is 2.52. The molecule has 0 aliphatic carbocycles. The van der Waals surface area contributed by atoms with E-state index in [4.69, 9.17) is 0 Å². The number of aryl methyl sites for hydroxylation is 1. The van der Waals surface area contributed by atoms with Crippen LogP contribution in [0.4, 0.5) is 0 Å². The molecule has 0 aliphatic rings. The molecule has 82 valence electrons. The van der Waals surface area contributed by atoms with E-state index in [9.17, 15) is 0 Å². The molecular weight excluding hydrogens is 196 g/mol. The van der Waals surface area contributed by atoms with Crippen LogP contribution in [0.5, 0.6) is 0 Å². The van der Waals surface area contributed by atoms with Gasteiger partial charge >= 0.3 is 0 Å². The zero-order valence-electron chi connectivity index (χ0n) is 9.94. The van der Waals surface area contributed by atoms with Crippen molar-refractivity contribution in [1.29, 1.82) is 0 Å². The van der Waals surface area contributed by atoms with Crippen molar-refractivity contribution >= 4 is 21.7 Å². The van der Waals surface area contributed by atoms with Crippen molar-refractivity contribution in [1.82, 2.24) is 9.78 Å². The highest BCUT2D eigenvalue weighted by Gasteiger charge is 2.02. The van der Waals surface area contributed by atoms with Crippen molar-refractivity contribution in [2.24, 2.45) is 7.05 Å². The normalized spacial score (nSPS) is 10.2. The Labute approximate surface area is 95.5 Å². The maximum absolute atomic E-state index is 4.46. The summed E-state index contributed by atoms with van der Waals surface area (Å²) >= 11 is 0. The highest BCUT2D eigenvalue weighted by atomic mass is 15.2. The Bertz CT molecular complexity index is 608. The van der Waals surface area contributed by atoms with Crippen molar-refractivity contribution < 1.29 is 0 Å². The molecule has 0 N–H and O–H groups in total. The lowest BCUT2D eigenvalue weighted by molar-refractivity contribution is 0.780. The zero-order chi connectivity index (χ0) is 11.5. The Morgan fingerprint density at radius 2 is 1.62 bits per heavy atom. The fourth-order valence-electron chi connectivity index (χ4n) is 1.88. The van der Waals surface area contributed by atoms with E-state index in [1.165, 1.54) is 16.2 Å². The summed E-state index contributed by atoms with van der Waals surface area (Å²) in [6, 6.07) is 12.6. The second kappa shape index (κ2) is 4.35. The molecule has 0 spiro atoms. The minimum absolute atomic E-state index is 1.09. The molecule has 0 radical (unpaired) electrons. The predicted molar refractivity (Wildman–Crippen MR) is 69.6 cm³/mol. The molecule has 1 heterocycles. The van der Waals surface area contributed by atoms with Crippen LogP contribution in [0, 0.1) is 0 Å². The smallest absolute Gasteiger partial charge is 0.100 e. The summed E-state index contributed by atoms with van der Waals surface area (Å²) in [5.41, 5.74) is 1.09. The first-order valence-corrected chi connectivity index (χ1v) is 5.66. The van der Waals surface area contributed by atoms with Gasteiger partial charge in [-0.2, -0.15) is 5.10 Å². The Morgan fingerprint density at radius 1 is 0.938 bits per heavy atom. The van der Waals surface area contributed by atoms with Crippen molar-refractivity contribution in [3.05, 3.63) is 42.6 Å². The Balaban J connectivity index is 0.000000457. The quantitative estimate of drug-likeness (QED) is 0.555. The summed E-state index contributed by atoms with van der Waals surface area (Å²) in [4.78, 5) is 0. The lowest BCUT2D eigenvalue weighted by Crippen LogP contribution is -1.85. The molecule has 0 fully saturated rings. The molecule has 0 saturated heterocycles. The molecule has 2 heteroatoms. The second-order valence-corrected chi connectivity index (χ2v) is 3.53. The minimum Gasteiger partial charge on any atom is -0.275 e. The summed E-state index contributed by atoms with van der Waals surface area (Å²) in [5.74, 6) is 0. The fraction of sp³-hybridized carbons (Fsp3) is 0.214. The number of nitrogens with zero attached hydrogens (tertiary/aromatic N) is 2. The first kappa shape index (κ1) is 10.7. The van der Waals surface area contributed by atoms with Gasteiger partial charge in [-0.1, -0.05) is 50.2 Å². The third-order valence-electron chi connectivity index (χ3n) is 2.52. The van der Waals surface area contributed by atoms with Gasteiger partial charge in [-0.15, -0.1) is 0 Å². The average Bonchev–Trinajstić information content (AvgIpc) is 2.72. The van der Waals surface area contributed by atoms with Gasteiger partial charge in [0, 0.05) is 24.0 Å². The molecule has 0 unspecified atom stereocenters. The lowest BCUT2D eigenvalue weighted by Gasteiger charge is -1.96. The highest BCUT2D eigenvalue weighted by molar-refractivity contribution is 6.04. The van der Waals surface area contributed by atoms with Gasteiger partial charge in [0.15, 0.2) is 0 Å². The number of rotatable bonds is 0. The maximum Gasteiger partial charge on any atom is 0.100 e. The van der Waals surface area contributed by atoms with Crippen LogP contribution in [0.15, 0.2) is 42.6 Å². The van der Waals surface area contributed by atoms with Crippen molar-refractivity contribution in [2.45, 2.75) is 13.8 Å². The highest BCUT2D eigenvalue weighted by Crippen LogP contribution is 2.23. The topological polar surface area (TPSA) is 17.8 Å². The monoisotopic (exact) mass is 212 g/mol. The van der Waals surface area contributed by atoms with Crippen molar-refractivity contribution in [3.63, 3.8) is 0 Å². The molecule has 16 heavy (non-hydrogen) atoms. The number of benzene rings is 2. The van der Waals surface area contributed by atoms with Crippen LogP contribution in [-0.4, -0.2) is 9.78 Å². The number of hydrogen-bond acceptors (Lipinski definition) is 1. The van der Waals surface area contributed by atoms with Gasteiger partial charge in [-0.05, 0) is 5.39 Å². The van der Waals surface area contributed by atoms with Gasteiger partial charge in [0.25, 0.3) is 0 Å². The number of fused-ring (bicyclic) bond motifs is 3. The molecule has 1 aromatic heterocycles. The molecule has 3 rings (SSSR count). The summed E-state index contributed by atoms with van der Waals surface area (Å²) in [6.45, 7) is 4.00. The largest absolute Gasteiger partial charge is 0.275 e. The Kier molecular flexibility index (Phi) is 2.91. The summed E-state index contributed by atoms with van der Waals surface area (Å²) in [6.07, 6.45) is 2.04. The van der Waals surface area contributed by atoms with Crippen LogP contribution in [0.2, 0.25) is 0 Å². The van der Waals surface area contributed by atoms with Gasteiger partial charge < -0.3 is 0 Å². The van der Waals surface area contributed by atoms with E-state index in [-0.39, 0.29) is 0 Å². The number of hydrogen-bond donors (Lipinski definition) is 0. The predicted octanol–water partition coefficient (Wildman–Crippen LogP) is 3.75. The van der Waals surface area contributed by atoms with Gasteiger partial charge in [-0.25, -0.2) is 0 Å². The molecule has 0 bridgehead atoms. The van der Waals surface area contributed by atoms with E-state index in [2.05, 4.69) is 41.5 Å². The average molecular weight is 212 g/mol. The molecule has 2 nitrogen and oxygen atoms in total. The van der Waals surface area contributed by atoms with Crippen molar-refractivity contribution in [2.75, 3.05) is 0 Å². The molecule has 2 aromatic carbocycles.